The van der Waals surface area contributed by atoms with Crippen molar-refractivity contribution in [2.24, 2.45) is 5.73 Å². The van der Waals surface area contributed by atoms with E-state index in [0.717, 1.165) is 36.8 Å². The van der Waals surface area contributed by atoms with Crippen molar-refractivity contribution in [3.63, 3.8) is 0 Å². The highest BCUT2D eigenvalue weighted by molar-refractivity contribution is 5.27. The van der Waals surface area contributed by atoms with Gasteiger partial charge in [0.2, 0.25) is 0 Å². The van der Waals surface area contributed by atoms with Gasteiger partial charge in [-0.1, -0.05) is 6.07 Å². The van der Waals surface area contributed by atoms with E-state index in [1.165, 1.54) is 0 Å². The summed E-state index contributed by atoms with van der Waals surface area (Å²) in [6.07, 6.45) is 4.34. The zero-order valence-electron chi connectivity index (χ0n) is 9.17. The van der Waals surface area contributed by atoms with Crippen molar-refractivity contribution in [1.29, 1.82) is 0 Å². The minimum absolute atomic E-state index is 0.111. The van der Waals surface area contributed by atoms with E-state index < -0.39 is 0 Å². The summed E-state index contributed by atoms with van der Waals surface area (Å²) < 4.78 is 13.2. The van der Waals surface area contributed by atoms with Gasteiger partial charge in [-0.2, -0.15) is 0 Å². The van der Waals surface area contributed by atoms with Gasteiger partial charge in [0.05, 0.1) is 0 Å². The summed E-state index contributed by atoms with van der Waals surface area (Å²) in [6.45, 7) is 1.95. The SMILES string of the molecule is Cc1cc(F)cc(C2CCC(N)CC2)c1. The minimum Gasteiger partial charge on any atom is -0.328 e. The molecule has 0 unspecified atom stereocenters. The molecule has 1 aromatic carbocycles. The highest BCUT2D eigenvalue weighted by atomic mass is 19.1. The summed E-state index contributed by atoms with van der Waals surface area (Å²) in [6, 6.07) is 5.72. The number of aryl methyl sites for hydroxylation is 1. The molecule has 1 saturated carbocycles. The Bertz CT molecular complexity index is 320. The molecule has 1 fully saturated rings. The molecule has 15 heavy (non-hydrogen) atoms. The average Bonchev–Trinajstić information content (AvgIpc) is 2.17. The van der Waals surface area contributed by atoms with Crippen molar-refractivity contribution >= 4 is 0 Å². The Morgan fingerprint density at radius 1 is 1.13 bits per heavy atom. The lowest BCUT2D eigenvalue weighted by Gasteiger charge is -2.26. The van der Waals surface area contributed by atoms with Gasteiger partial charge in [-0.25, -0.2) is 4.39 Å². The fourth-order valence-electron chi connectivity index (χ4n) is 2.45. The smallest absolute Gasteiger partial charge is 0.123 e. The standard InChI is InChI=1S/C13H18FN/c1-9-6-11(8-12(14)7-9)10-2-4-13(15)5-3-10/h6-8,10,13H,2-5,15H2,1H3. The van der Waals surface area contributed by atoms with Gasteiger partial charge in [0, 0.05) is 6.04 Å². The van der Waals surface area contributed by atoms with Crippen molar-refractivity contribution in [3.05, 3.63) is 35.1 Å². The molecule has 1 nitrogen and oxygen atoms in total. The molecule has 82 valence electrons. The third kappa shape index (κ3) is 2.57. The van der Waals surface area contributed by atoms with Crippen LogP contribution in [0.5, 0.6) is 0 Å². The third-order valence-corrected chi connectivity index (χ3v) is 3.31. The van der Waals surface area contributed by atoms with Crippen LogP contribution in [-0.2, 0) is 0 Å². The quantitative estimate of drug-likeness (QED) is 0.752. The van der Waals surface area contributed by atoms with Crippen LogP contribution in [0.4, 0.5) is 4.39 Å². The number of hydrogen-bond acceptors (Lipinski definition) is 1. The maximum Gasteiger partial charge on any atom is 0.123 e. The van der Waals surface area contributed by atoms with Crippen molar-refractivity contribution in [2.75, 3.05) is 0 Å². The van der Waals surface area contributed by atoms with Crippen LogP contribution in [-0.4, -0.2) is 6.04 Å². The zero-order valence-corrected chi connectivity index (χ0v) is 9.17. The van der Waals surface area contributed by atoms with Crippen LogP contribution in [0.25, 0.3) is 0 Å². The Morgan fingerprint density at radius 2 is 1.80 bits per heavy atom. The molecule has 0 atom stereocenters. The van der Waals surface area contributed by atoms with Crippen LogP contribution in [0.2, 0.25) is 0 Å². The first kappa shape index (κ1) is 10.6. The largest absolute Gasteiger partial charge is 0.328 e. The summed E-state index contributed by atoms with van der Waals surface area (Å²) in [5.74, 6) is 0.402. The molecule has 0 bridgehead atoms. The summed E-state index contributed by atoms with van der Waals surface area (Å²) in [5, 5.41) is 0. The van der Waals surface area contributed by atoms with E-state index in [4.69, 9.17) is 5.73 Å². The van der Waals surface area contributed by atoms with E-state index in [9.17, 15) is 4.39 Å². The fraction of sp³-hybridized carbons (Fsp3) is 0.538. The van der Waals surface area contributed by atoms with Crippen molar-refractivity contribution in [1.82, 2.24) is 0 Å². The summed E-state index contributed by atoms with van der Waals surface area (Å²) in [4.78, 5) is 0. The summed E-state index contributed by atoms with van der Waals surface area (Å²) in [5.41, 5.74) is 8.03. The van der Waals surface area contributed by atoms with E-state index in [-0.39, 0.29) is 5.82 Å². The number of rotatable bonds is 1. The number of benzene rings is 1. The highest BCUT2D eigenvalue weighted by Gasteiger charge is 2.20. The minimum atomic E-state index is -0.111. The molecule has 2 rings (SSSR count). The van der Waals surface area contributed by atoms with Crippen LogP contribution < -0.4 is 5.73 Å². The molecule has 2 heteroatoms. The van der Waals surface area contributed by atoms with E-state index in [0.29, 0.717) is 12.0 Å². The van der Waals surface area contributed by atoms with Crippen LogP contribution >= 0.6 is 0 Å². The van der Waals surface area contributed by atoms with Crippen LogP contribution in [0.1, 0.15) is 42.7 Å². The Morgan fingerprint density at radius 3 is 2.40 bits per heavy atom. The molecule has 1 aromatic rings. The Hall–Kier alpha value is -0.890. The maximum absolute atomic E-state index is 13.2. The predicted octanol–water partition coefficient (Wildman–Crippen LogP) is 3.12. The second-order valence-electron chi connectivity index (χ2n) is 4.67. The topological polar surface area (TPSA) is 26.0 Å². The number of hydrogen-bond donors (Lipinski definition) is 1. The van der Waals surface area contributed by atoms with Crippen LogP contribution in [0, 0.1) is 12.7 Å². The van der Waals surface area contributed by atoms with E-state index in [2.05, 4.69) is 6.07 Å². The fourth-order valence-corrected chi connectivity index (χ4v) is 2.45. The molecule has 0 saturated heterocycles. The molecular weight excluding hydrogens is 189 g/mol. The first-order valence-electron chi connectivity index (χ1n) is 5.68. The Labute approximate surface area is 90.5 Å². The molecule has 0 radical (unpaired) electrons. The lowest BCUT2D eigenvalue weighted by Crippen LogP contribution is -2.25. The van der Waals surface area contributed by atoms with Crippen molar-refractivity contribution in [3.8, 4) is 0 Å². The molecule has 1 aliphatic rings. The third-order valence-electron chi connectivity index (χ3n) is 3.31. The second-order valence-corrected chi connectivity index (χ2v) is 4.67. The Kier molecular flexibility index (Phi) is 3.06. The molecule has 1 aliphatic carbocycles. The molecule has 2 N–H and O–H groups in total. The van der Waals surface area contributed by atoms with Gasteiger partial charge in [0.1, 0.15) is 5.82 Å². The van der Waals surface area contributed by atoms with E-state index >= 15 is 0 Å². The van der Waals surface area contributed by atoms with Gasteiger partial charge in [0.25, 0.3) is 0 Å². The molecule has 0 aliphatic heterocycles. The molecule has 0 amide bonds. The van der Waals surface area contributed by atoms with Gasteiger partial charge in [-0.3, -0.25) is 0 Å². The van der Waals surface area contributed by atoms with E-state index in [1.807, 2.05) is 6.92 Å². The van der Waals surface area contributed by atoms with Gasteiger partial charge in [0.15, 0.2) is 0 Å². The van der Waals surface area contributed by atoms with Crippen molar-refractivity contribution in [2.45, 2.75) is 44.6 Å². The second kappa shape index (κ2) is 4.31. The van der Waals surface area contributed by atoms with Crippen LogP contribution in [0.15, 0.2) is 18.2 Å². The normalized spacial score (nSPS) is 26.6. The molecule has 0 aromatic heterocycles. The zero-order chi connectivity index (χ0) is 10.8. The van der Waals surface area contributed by atoms with Gasteiger partial charge in [-0.05, 0) is 61.8 Å². The lowest BCUT2D eigenvalue weighted by molar-refractivity contribution is 0.394. The highest BCUT2D eigenvalue weighted by Crippen LogP contribution is 2.32. The van der Waals surface area contributed by atoms with E-state index in [1.54, 1.807) is 12.1 Å². The first-order valence-corrected chi connectivity index (χ1v) is 5.68. The first-order chi connectivity index (χ1) is 7.15. The molecule has 0 heterocycles. The summed E-state index contributed by atoms with van der Waals surface area (Å²) in [7, 11) is 0. The Balaban J connectivity index is 2.15. The molecule has 0 spiro atoms. The number of nitrogens with two attached hydrogens (primary N) is 1. The molecular formula is C13H18FN. The predicted molar refractivity (Wildman–Crippen MR) is 60.3 cm³/mol. The van der Waals surface area contributed by atoms with Gasteiger partial charge in [-0.15, -0.1) is 0 Å². The average molecular weight is 207 g/mol. The maximum atomic E-state index is 13.2. The lowest BCUT2D eigenvalue weighted by atomic mass is 9.82. The number of halogens is 1. The van der Waals surface area contributed by atoms with Gasteiger partial charge < -0.3 is 5.73 Å². The van der Waals surface area contributed by atoms with Crippen LogP contribution in [0.3, 0.4) is 0 Å². The monoisotopic (exact) mass is 207 g/mol. The summed E-state index contributed by atoms with van der Waals surface area (Å²) >= 11 is 0. The van der Waals surface area contributed by atoms with Crippen molar-refractivity contribution < 1.29 is 4.39 Å². The van der Waals surface area contributed by atoms with Gasteiger partial charge >= 0.3 is 0 Å².